The molecule has 0 spiro atoms. The number of aliphatic hydroxyl groups is 1. The number of fused-ring (bicyclic) bond motifs is 1. The minimum atomic E-state index is -0.504. The normalized spacial score (nSPS) is 21.9. The maximum Gasteiger partial charge on any atom is 0.135 e. The first-order valence-electron chi connectivity index (χ1n) is 11.4. The van der Waals surface area contributed by atoms with E-state index in [9.17, 15) is 9.90 Å². The number of aromatic nitrogens is 2. The average Bonchev–Trinajstić information content (AvgIpc) is 3.08. The highest BCUT2D eigenvalue weighted by molar-refractivity contribution is 6.30. The molecule has 1 aromatic carbocycles. The van der Waals surface area contributed by atoms with Gasteiger partial charge in [0.15, 0.2) is 0 Å². The predicted molar refractivity (Wildman–Crippen MR) is 141 cm³/mol. The predicted octanol–water partition coefficient (Wildman–Crippen LogP) is 3.94. The van der Waals surface area contributed by atoms with Gasteiger partial charge in [-0.1, -0.05) is 30.7 Å². The molecule has 4 rings (SSSR count). The quantitative estimate of drug-likeness (QED) is 0.525. The van der Waals surface area contributed by atoms with Crippen LogP contribution in [0.2, 0.25) is 5.02 Å². The average molecular weight is 531 g/mol. The van der Waals surface area contributed by atoms with Gasteiger partial charge in [-0.2, -0.15) is 0 Å². The Kier molecular flexibility index (Phi) is 10.5. The van der Waals surface area contributed by atoms with Crippen LogP contribution in [0.3, 0.4) is 0 Å². The van der Waals surface area contributed by atoms with E-state index in [4.69, 9.17) is 11.6 Å². The maximum atomic E-state index is 12.2. The van der Waals surface area contributed by atoms with Crippen LogP contribution in [0.5, 0.6) is 0 Å². The Bertz CT molecular complexity index is 939. The first kappa shape index (κ1) is 28.8. The van der Waals surface area contributed by atoms with Gasteiger partial charge < -0.3 is 14.8 Å². The zero-order chi connectivity index (χ0) is 22.8. The molecule has 7 nitrogen and oxygen atoms in total. The van der Waals surface area contributed by atoms with Crippen molar-refractivity contribution in [3.8, 4) is 0 Å². The van der Waals surface area contributed by atoms with E-state index in [2.05, 4.69) is 45.9 Å². The highest BCUT2D eigenvalue weighted by Gasteiger charge is 2.35. The van der Waals surface area contributed by atoms with Crippen LogP contribution in [0.25, 0.3) is 0 Å². The lowest BCUT2D eigenvalue weighted by Crippen LogP contribution is -2.58. The van der Waals surface area contributed by atoms with Crippen molar-refractivity contribution >= 4 is 48.5 Å². The molecular weight excluding hydrogens is 497 g/mol. The summed E-state index contributed by atoms with van der Waals surface area (Å²) in [6, 6.07) is 7.78. The molecule has 1 aliphatic heterocycles. The van der Waals surface area contributed by atoms with Crippen LogP contribution >= 0.6 is 36.4 Å². The third-order valence-electron chi connectivity index (χ3n) is 6.53. The lowest BCUT2D eigenvalue weighted by molar-refractivity contribution is -0.111. The molecule has 1 aliphatic carbocycles. The second-order valence-corrected chi connectivity index (χ2v) is 9.59. The molecule has 34 heavy (non-hydrogen) atoms. The summed E-state index contributed by atoms with van der Waals surface area (Å²) in [7, 11) is 0. The van der Waals surface area contributed by atoms with Crippen LogP contribution in [-0.4, -0.2) is 64.6 Å². The number of benzene rings is 1. The second-order valence-electron chi connectivity index (χ2n) is 9.15. The molecule has 2 N–H and O–H groups in total. The van der Waals surface area contributed by atoms with E-state index in [1.807, 2.05) is 24.3 Å². The zero-order valence-corrected chi connectivity index (χ0v) is 22.1. The third kappa shape index (κ3) is 6.01. The smallest absolute Gasteiger partial charge is 0.135 e. The lowest BCUT2D eigenvalue weighted by atomic mass is 9.95. The summed E-state index contributed by atoms with van der Waals surface area (Å²) in [5.41, 5.74) is 2.81. The topological polar surface area (TPSA) is 81.6 Å². The summed E-state index contributed by atoms with van der Waals surface area (Å²) in [5.74, 6) is 0.894. The summed E-state index contributed by atoms with van der Waals surface area (Å²) in [5, 5.41) is 14.6. The molecule has 2 aliphatic rings. The Morgan fingerprint density at radius 1 is 1.12 bits per heavy atom. The number of nitrogens with one attached hydrogen (secondary N) is 1. The Hall–Kier alpha value is -1.48. The van der Waals surface area contributed by atoms with Crippen LogP contribution in [0.15, 0.2) is 30.6 Å². The second kappa shape index (κ2) is 12.5. The van der Waals surface area contributed by atoms with Gasteiger partial charge in [0.05, 0.1) is 23.9 Å². The first-order valence-corrected chi connectivity index (χ1v) is 11.8. The summed E-state index contributed by atoms with van der Waals surface area (Å²) >= 11 is 6.06. The van der Waals surface area contributed by atoms with E-state index in [0.717, 1.165) is 55.1 Å². The van der Waals surface area contributed by atoms with Gasteiger partial charge in [-0.05, 0) is 43.9 Å². The van der Waals surface area contributed by atoms with Crippen molar-refractivity contribution in [1.29, 1.82) is 0 Å². The molecule has 2 heterocycles. The Morgan fingerprint density at radius 2 is 1.76 bits per heavy atom. The molecule has 1 saturated heterocycles. The third-order valence-corrected chi connectivity index (χ3v) is 6.78. The van der Waals surface area contributed by atoms with E-state index in [1.165, 1.54) is 0 Å². The highest BCUT2D eigenvalue weighted by Crippen LogP contribution is 2.42. The number of anilines is 1. The minimum absolute atomic E-state index is 0. The van der Waals surface area contributed by atoms with Gasteiger partial charge in [0.2, 0.25) is 0 Å². The monoisotopic (exact) mass is 529 g/mol. The highest BCUT2D eigenvalue weighted by atomic mass is 35.5. The zero-order valence-electron chi connectivity index (χ0n) is 19.7. The van der Waals surface area contributed by atoms with E-state index in [0.29, 0.717) is 11.4 Å². The summed E-state index contributed by atoms with van der Waals surface area (Å²) < 4.78 is 0. The maximum absolute atomic E-state index is 12.2. The number of hydrogen-bond donors (Lipinski definition) is 2. The van der Waals surface area contributed by atoms with Gasteiger partial charge in [0, 0.05) is 42.8 Å². The van der Waals surface area contributed by atoms with Crippen molar-refractivity contribution < 1.29 is 9.90 Å². The Labute approximate surface area is 219 Å². The van der Waals surface area contributed by atoms with Gasteiger partial charge in [0.25, 0.3) is 0 Å². The van der Waals surface area contributed by atoms with Crippen LogP contribution in [0.4, 0.5) is 5.82 Å². The number of hydrogen-bond acceptors (Lipinski definition) is 7. The number of piperazine rings is 1. The molecule has 4 atom stereocenters. The number of rotatable bonds is 7. The molecule has 0 amide bonds. The van der Waals surface area contributed by atoms with Gasteiger partial charge in [-0.25, -0.2) is 9.97 Å². The molecular formula is C24H34Cl3N5O2. The fourth-order valence-electron chi connectivity index (χ4n) is 4.96. The van der Waals surface area contributed by atoms with Gasteiger partial charge >= 0.3 is 0 Å². The number of halogens is 3. The van der Waals surface area contributed by atoms with Crippen molar-refractivity contribution in [2.45, 2.75) is 57.3 Å². The lowest BCUT2D eigenvalue weighted by Gasteiger charge is -2.43. The standard InChI is InChI=1S/C24H32ClN5O2.2ClH/c1-15(2)28-23(19(13-31)17-4-6-18(25)7-5-17)29-8-10-30(11-9-29)24-21-16(3)12-20(32)22(21)26-14-27-24;;/h4-7,13-16,19-20,23,28,32H,8-12H2,1-3H3;2*1H/t16-,19?,20-,23?;;/m1../s1. The molecule has 2 aromatic rings. The van der Waals surface area contributed by atoms with Crippen LogP contribution < -0.4 is 10.2 Å². The van der Waals surface area contributed by atoms with E-state index in [1.54, 1.807) is 6.33 Å². The van der Waals surface area contributed by atoms with Crippen LogP contribution in [-0.2, 0) is 4.79 Å². The fourth-order valence-corrected chi connectivity index (χ4v) is 5.09. The molecule has 1 aromatic heterocycles. The molecule has 10 heteroatoms. The van der Waals surface area contributed by atoms with Crippen molar-refractivity contribution in [3.05, 3.63) is 52.4 Å². The van der Waals surface area contributed by atoms with Crippen LogP contribution in [0.1, 0.15) is 62.0 Å². The number of carbonyl (C=O) groups excluding carboxylic acids is 1. The summed E-state index contributed by atoms with van der Waals surface area (Å²) in [6.07, 6.45) is 2.69. The minimum Gasteiger partial charge on any atom is -0.387 e. The molecule has 0 saturated carbocycles. The number of nitrogens with zero attached hydrogens (tertiary/aromatic N) is 4. The van der Waals surface area contributed by atoms with Gasteiger partial charge in [-0.15, -0.1) is 24.8 Å². The SMILES string of the molecule is CC(C)NC(C(C=O)c1ccc(Cl)cc1)N1CCN(c2ncnc3c2[C@H](C)C[C@H]3O)CC1.Cl.Cl. The fraction of sp³-hybridized carbons (Fsp3) is 0.542. The van der Waals surface area contributed by atoms with Crippen molar-refractivity contribution in [3.63, 3.8) is 0 Å². The van der Waals surface area contributed by atoms with Crippen molar-refractivity contribution in [1.82, 2.24) is 20.2 Å². The molecule has 2 unspecified atom stereocenters. The Balaban J connectivity index is 0.00000204. The van der Waals surface area contributed by atoms with E-state index in [-0.39, 0.29) is 48.9 Å². The molecule has 188 valence electrons. The summed E-state index contributed by atoms with van der Waals surface area (Å²) in [6.45, 7) is 9.54. The van der Waals surface area contributed by atoms with Gasteiger partial charge in [-0.3, -0.25) is 10.2 Å². The van der Waals surface area contributed by atoms with Crippen LogP contribution in [0, 0.1) is 0 Å². The first-order chi connectivity index (χ1) is 15.4. The number of aliphatic hydroxyl groups excluding tert-OH is 1. The molecule has 0 radical (unpaired) electrons. The van der Waals surface area contributed by atoms with Crippen molar-refractivity contribution in [2.75, 3.05) is 31.1 Å². The molecule has 0 bridgehead atoms. The Morgan fingerprint density at radius 3 is 2.35 bits per heavy atom. The molecule has 1 fully saturated rings. The number of aldehydes is 1. The van der Waals surface area contributed by atoms with Crippen molar-refractivity contribution in [2.24, 2.45) is 0 Å². The van der Waals surface area contributed by atoms with E-state index < -0.39 is 6.10 Å². The van der Waals surface area contributed by atoms with Gasteiger partial charge in [0.1, 0.15) is 18.4 Å². The van der Waals surface area contributed by atoms with E-state index >= 15 is 0 Å². The largest absolute Gasteiger partial charge is 0.387 e. The summed E-state index contributed by atoms with van der Waals surface area (Å²) in [4.78, 5) is 25.7. The number of carbonyl (C=O) groups is 1.